The Kier molecular flexibility index (Phi) is 4.84. The van der Waals surface area contributed by atoms with E-state index in [9.17, 15) is 9.90 Å². The van der Waals surface area contributed by atoms with Crippen molar-refractivity contribution in [1.29, 1.82) is 0 Å². The molecule has 4 heteroatoms. The number of carbonyl (C=O) groups is 1. The highest BCUT2D eigenvalue weighted by atomic mass is 79.9. The van der Waals surface area contributed by atoms with Crippen LogP contribution in [0.3, 0.4) is 0 Å². The van der Waals surface area contributed by atoms with Crippen LogP contribution in [0, 0.1) is 17.3 Å². The number of rotatable bonds is 4. The van der Waals surface area contributed by atoms with E-state index in [0.29, 0.717) is 18.3 Å². The molecule has 20 heavy (non-hydrogen) atoms. The normalized spacial score (nSPS) is 26.7. The van der Waals surface area contributed by atoms with E-state index in [4.69, 9.17) is 0 Å². The van der Waals surface area contributed by atoms with Gasteiger partial charge in [0.2, 0.25) is 0 Å². The summed E-state index contributed by atoms with van der Waals surface area (Å²) in [7, 11) is 0. The number of nitrogens with zero attached hydrogens (tertiary/aromatic N) is 1. The number of hydrogen-bond acceptors (Lipinski definition) is 2. The molecule has 0 bridgehead atoms. The van der Waals surface area contributed by atoms with E-state index < -0.39 is 11.4 Å². The second kappa shape index (κ2) is 6.25. The topological polar surface area (TPSA) is 50.2 Å². The number of halogens is 1. The standard InChI is InChI=1S/C16H22BrNO2/c1-11(2)12-5-7-16(8-6-12,15(19)20)9-14-4-3-13(17)10-18-14/h3-4,10-12H,5-9H2,1-2H3,(H,19,20). The van der Waals surface area contributed by atoms with Crippen LogP contribution in [0.1, 0.15) is 45.2 Å². The van der Waals surface area contributed by atoms with Gasteiger partial charge in [-0.05, 0) is 65.6 Å². The Morgan fingerprint density at radius 1 is 1.45 bits per heavy atom. The Morgan fingerprint density at radius 2 is 2.10 bits per heavy atom. The van der Waals surface area contributed by atoms with Gasteiger partial charge < -0.3 is 5.11 Å². The molecule has 0 atom stereocenters. The molecule has 3 nitrogen and oxygen atoms in total. The highest BCUT2D eigenvalue weighted by molar-refractivity contribution is 9.10. The Balaban J connectivity index is 2.12. The van der Waals surface area contributed by atoms with E-state index in [1.165, 1.54) is 0 Å². The van der Waals surface area contributed by atoms with Crippen LogP contribution in [0.4, 0.5) is 0 Å². The molecule has 110 valence electrons. The Hall–Kier alpha value is -0.900. The van der Waals surface area contributed by atoms with Gasteiger partial charge in [0.05, 0.1) is 5.41 Å². The maximum atomic E-state index is 11.8. The van der Waals surface area contributed by atoms with E-state index in [2.05, 4.69) is 34.8 Å². The molecule has 1 aromatic heterocycles. The molecular weight excluding hydrogens is 318 g/mol. The van der Waals surface area contributed by atoms with Crippen molar-refractivity contribution in [2.24, 2.45) is 17.3 Å². The summed E-state index contributed by atoms with van der Waals surface area (Å²) in [5, 5.41) is 9.69. The van der Waals surface area contributed by atoms with Crippen molar-refractivity contribution in [2.45, 2.75) is 46.0 Å². The first-order valence-electron chi connectivity index (χ1n) is 7.27. The molecule has 0 aromatic carbocycles. The summed E-state index contributed by atoms with van der Waals surface area (Å²) in [4.78, 5) is 16.1. The number of carboxylic acid groups (broad SMARTS) is 1. The summed E-state index contributed by atoms with van der Waals surface area (Å²) >= 11 is 3.36. The van der Waals surface area contributed by atoms with Crippen molar-refractivity contribution in [3.63, 3.8) is 0 Å². The largest absolute Gasteiger partial charge is 0.481 e. The molecule has 0 amide bonds. The van der Waals surface area contributed by atoms with Gasteiger partial charge in [-0.1, -0.05) is 13.8 Å². The van der Waals surface area contributed by atoms with Gasteiger partial charge in [0.15, 0.2) is 0 Å². The molecule has 1 N–H and O–H groups in total. The van der Waals surface area contributed by atoms with E-state index >= 15 is 0 Å². The molecule has 2 rings (SSSR count). The van der Waals surface area contributed by atoms with Crippen molar-refractivity contribution in [3.8, 4) is 0 Å². The van der Waals surface area contributed by atoms with Crippen LogP contribution in [0.15, 0.2) is 22.8 Å². The number of pyridine rings is 1. The van der Waals surface area contributed by atoms with Crippen LogP contribution in [0.5, 0.6) is 0 Å². The van der Waals surface area contributed by atoms with Gasteiger partial charge in [0.25, 0.3) is 0 Å². The quantitative estimate of drug-likeness (QED) is 0.889. The third-order valence-electron chi connectivity index (χ3n) is 4.69. The second-order valence-corrected chi connectivity index (χ2v) is 7.23. The lowest BCUT2D eigenvalue weighted by Gasteiger charge is -2.38. The first-order chi connectivity index (χ1) is 9.43. The Labute approximate surface area is 128 Å². The maximum Gasteiger partial charge on any atom is 0.310 e. The van der Waals surface area contributed by atoms with Crippen LogP contribution in [-0.2, 0) is 11.2 Å². The molecule has 1 heterocycles. The summed E-state index contributed by atoms with van der Waals surface area (Å²) in [6, 6.07) is 3.85. The SMILES string of the molecule is CC(C)C1CCC(Cc2ccc(Br)cn2)(C(=O)O)CC1. The predicted octanol–water partition coefficient (Wildman–Crippen LogP) is 4.30. The van der Waals surface area contributed by atoms with E-state index in [0.717, 1.165) is 35.8 Å². The van der Waals surface area contributed by atoms with Crippen LogP contribution >= 0.6 is 15.9 Å². The zero-order valence-electron chi connectivity index (χ0n) is 12.1. The summed E-state index contributed by atoms with van der Waals surface area (Å²) < 4.78 is 0.925. The molecule has 1 aromatic rings. The molecule has 0 unspecified atom stereocenters. The fraction of sp³-hybridized carbons (Fsp3) is 0.625. The van der Waals surface area contributed by atoms with Gasteiger partial charge in [-0.3, -0.25) is 9.78 Å². The summed E-state index contributed by atoms with van der Waals surface area (Å²) in [5.41, 5.74) is 0.255. The molecule has 0 aliphatic heterocycles. The average Bonchev–Trinajstić information content (AvgIpc) is 2.42. The third kappa shape index (κ3) is 3.40. The predicted molar refractivity (Wildman–Crippen MR) is 82.5 cm³/mol. The number of carboxylic acids is 1. The second-order valence-electron chi connectivity index (χ2n) is 6.31. The summed E-state index contributed by atoms with van der Waals surface area (Å²) in [6.45, 7) is 4.46. The monoisotopic (exact) mass is 339 g/mol. The van der Waals surface area contributed by atoms with E-state index in [1.807, 2.05) is 12.1 Å². The average molecular weight is 340 g/mol. The minimum atomic E-state index is -0.663. The minimum Gasteiger partial charge on any atom is -0.481 e. The van der Waals surface area contributed by atoms with Gasteiger partial charge in [-0.2, -0.15) is 0 Å². The molecule has 0 saturated heterocycles. The lowest BCUT2D eigenvalue weighted by Crippen LogP contribution is -2.38. The molecular formula is C16H22BrNO2. The number of aromatic nitrogens is 1. The summed E-state index contributed by atoms with van der Waals surface area (Å²) in [5.74, 6) is 0.650. The molecule has 1 aliphatic rings. The number of aliphatic carboxylic acids is 1. The minimum absolute atomic E-state index is 0.542. The lowest BCUT2D eigenvalue weighted by molar-refractivity contribution is -0.152. The first kappa shape index (κ1) is 15.5. The van der Waals surface area contributed by atoms with Crippen LogP contribution in [0.25, 0.3) is 0 Å². The molecule has 1 saturated carbocycles. The van der Waals surface area contributed by atoms with Crippen molar-refractivity contribution in [3.05, 3.63) is 28.5 Å². The maximum absolute atomic E-state index is 11.8. The zero-order chi connectivity index (χ0) is 14.8. The van der Waals surface area contributed by atoms with Crippen LogP contribution < -0.4 is 0 Å². The van der Waals surface area contributed by atoms with Crippen molar-refractivity contribution in [1.82, 2.24) is 4.98 Å². The van der Waals surface area contributed by atoms with Crippen molar-refractivity contribution < 1.29 is 9.90 Å². The van der Waals surface area contributed by atoms with Crippen LogP contribution in [-0.4, -0.2) is 16.1 Å². The molecule has 0 spiro atoms. The zero-order valence-corrected chi connectivity index (χ0v) is 13.7. The van der Waals surface area contributed by atoms with Gasteiger partial charge in [0, 0.05) is 22.8 Å². The van der Waals surface area contributed by atoms with Gasteiger partial charge in [-0.15, -0.1) is 0 Å². The third-order valence-corrected chi connectivity index (χ3v) is 5.16. The van der Waals surface area contributed by atoms with Crippen molar-refractivity contribution in [2.75, 3.05) is 0 Å². The smallest absolute Gasteiger partial charge is 0.310 e. The fourth-order valence-corrected chi connectivity index (χ4v) is 3.42. The highest BCUT2D eigenvalue weighted by Crippen LogP contribution is 2.43. The van der Waals surface area contributed by atoms with E-state index in [-0.39, 0.29) is 0 Å². The van der Waals surface area contributed by atoms with E-state index in [1.54, 1.807) is 6.20 Å². The highest BCUT2D eigenvalue weighted by Gasteiger charge is 2.42. The van der Waals surface area contributed by atoms with Crippen molar-refractivity contribution >= 4 is 21.9 Å². The van der Waals surface area contributed by atoms with Gasteiger partial charge in [0.1, 0.15) is 0 Å². The van der Waals surface area contributed by atoms with Gasteiger partial charge in [-0.25, -0.2) is 0 Å². The van der Waals surface area contributed by atoms with Gasteiger partial charge >= 0.3 is 5.97 Å². The molecule has 0 radical (unpaired) electrons. The molecule has 1 fully saturated rings. The van der Waals surface area contributed by atoms with Crippen LogP contribution in [0.2, 0.25) is 0 Å². The lowest BCUT2D eigenvalue weighted by atomic mass is 9.66. The number of hydrogen-bond donors (Lipinski definition) is 1. The molecule has 1 aliphatic carbocycles. The summed E-state index contributed by atoms with van der Waals surface area (Å²) in [6.07, 6.45) is 5.85. The first-order valence-corrected chi connectivity index (χ1v) is 8.06. The fourth-order valence-electron chi connectivity index (χ4n) is 3.18. The Morgan fingerprint density at radius 3 is 2.55 bits per heavy atom. The Bertz CT molecular complexity index is 462.